The number of nitrogens with two attached hydrogens (primary N) is 1. The highest BCUT2D eigenvalue weighted by Crippen LogP contribution is 2.32. The highest BCUT2D eigenvalue weighted by Gasteiger charge is 2.39. The van der Waals surface area contributed by atoms with Crippen molar-refractivity contribution in [3.63, 3.8) is 0 Å². The van der Waals surface area contributed by atoms with Crippen molar-refractivity contribution in [2.24, 2.45) is 11.1 Å². The van der Waals surface area contributed by atoms with E-state index in [1.165, 1.54) is 10.4 Å². The number of benzene rings is 1. The molecular weight excluding hydrogens is 286 g/mol. The molecule has 1 aliphatic heterocycles. The predicted molar refractivity (Wildman–Crippen MR) is 71.5 cm³/mol. The van der Waals surface area contributed by atoms with Crippen LogP contribution in [0.25, 0.3) is 0 Å². The van der Waals surface area contributed by atoms with Gasteiger partial charge >= 0.3 is 0 Å². The van der Waals surface area contributed by atoms with Gasteiger partial charge in [0, 0.05) is 19.1 Å². The number of rotatable bonds is 2. The maximum atomic E-state index is 13.7. The highest BCUT2D eigenvalue weighted by atomic mass is 32.2. The summed E-state index contributed by atoms with van der Waals surface area (Å²) in [4.78, 5) is -0.622. The van der Waals surface area contributed by atoms with Gasteiger partial charge in [-0.25, -0.2) is 17.2 Å². The fourth-order valence-electron chi connectivity index (χ4n) is 2.35. The molecule has 112 valence electrons. The van der Waals surface area contributed by atoms with E-state index in [1.54, 1.807) is 0 Å². The van der Waals surface area contributed by atoms with Gasteiger partial charge in [-0.2, -0.15) is 4.31 Å². The van der Waals surface area contributed by atoms with Crippen LogP contribution < -0.4 is 5.73 Å². The molecule has 0 bridgehead atoms. The maximum Gasteiger partial charge on any atom is 0.246 e. The van der Waals surface area contributed by atoms with E-state index in [-0.39, 0.29) is 19.1 Å². The third-order valence-corrected chi connectivity index (χ3v) is 5.67. The first-order valence-electron chi connectivity index (χ1n) is 6.36. The summed E-state index contributed by atoms with van der Waals surface area (Å²) in [7, 11) is -4.05. The largest absolute Gasteiger partial charge is 0.327 e. The predicted octanol–water partition coefficient (Wildman–Crippen LogP) is 1.71. The zero-order valence-corrected chi connectivity index (χ0v) is 12.3. The summed E-state index contributed by atoms with van der Waals surface area (Å²) in [5.41, 5.74) is 5.55. The van der Waals surface area contributed by atoms with Crippen LogP contribution in [0.3, 0.4) is 0 Å². The third-order valence-electron chi connectivity index (χ3n) is 3.81. The van der Waals surface area contributed by atoms with E-state index in [0.29, 0.717) is 6.42 Å². The Morgan fingerprint density at radius 1 is 1.35 bits per heavy atom. The first kappa shape index (κ1) is 15.3. The molecule has 1 aromatic rings. The molecule has 0 spiro atoms. The van der Waals surface area contributed by atoms with E-state index in [4.69, 9.17) is 5.73 Å². The second-order valence-corrected chi connectivity index (χ2v) is 7.68. The Morgan fingerprint density at radius 2 is 2.00 bits per heavy atom. The molecule has 1 unspecified atom stereocenters. The van der Waals surface area contributed by atoms with Crippen LogP contribution in [-0.4, -0.2) is 31.9 Å². The number of halogens is 2. The first-order chi connectivity index (χ1) is 9.16. The molecule has 1 atom stereocenters. The Morgan fingerprint density at radius 3 is 2.60 bits per heavy atom. The average molecular weight is 304 g/mol. The van der Waals surface area contributed by atoms with Crippen molar-refractivity contribution in [1.29, 1.82) is 0 Å². The van der Waals surface area contributed by atoms with Crippen LogP contribution in [0.4, 0.5) is 8.78 Å². The molecule has 0 amide bonds. The maximum absolute atomic E-state index is 13.7. The normalized spacial score (nSPS) is 23.8. The summed E-state index contributed by atoms with van der Waals surface area (Å²) in [6.07, 6.45) is 0.489. The van der Waals surface area contributed by atoms with Crippen LogP contribution in [0, 0.1) is 17.0 Å². The third kappa shape index (κ3) is 2.57. The molecule has 0 aromatic heterocycles. The summed E-state index contributed by atoms with van der Waals surface area (Å²) in [6.45, 7) is 4.12. The quantitative estimate of drug-likeness (QED) is 0.905. The number of piperidine rings is 1. The highest BCUT2D eigenvalue weighted by molar-refractivity contribution is 7.89. The zero-order chi connectivity index (χ0) is 15.1. The molecule has 2 rings (SSSR count). The van der Waals surface area contributed by atoms with Gasteiger partial charge in [-0.1, -0.05) is 19.9 Å². The number of hydrogen-bond acceptors (Lipinski definition) is 3. The Bertz CT molecular complexity index is 617. The lowest BCUT2D eigenvalue weighted by atomic mass is 9.81. The van der Waals surface area contributed by atoms with Crippen LogP contribution in [0.1, 0.15) is 20.3 Å². The van der Waals surface area contributed by atoms with Gasteiger partial charge in [0.15, 0.2) is 11.6 Å². The number of hydrogen-bond donors (Lipinski definition) is 1. The minimum absolute atomic E-state index is 0.119. The Balaban J connectivity index is 2.39. The van der Waals surface area contributed by atoms with Gasteiger partial charge in [0.2, 0.25) is 10.0 Å². The van der Waals surface area contributed by atoms with Gasteiger partial charge in [0.25, 0.3) is 0 Å². The van der Waals surface area contributed by atoms with Gasteiger partial charge in [0.05, 0.1) is 0 Å². The summed E-state index contributed by atoms with van der Waals surface area (Å²) in [5, 5.41) is 0. The molecule has 1 aromatic carbocycles. The molecule has 1 saturated heterocycles. The van der Waals surface area contributed by atoms with Crippen molar-refractivity contribution < 1.29 is 17.2 Å². The molecule has 0 aliphatic carbocycles. The first-order valence-corrected chi connectivity index (χ1v) is 7.80. The van der Waals surface area contributed by atoms with Crippen molar-refractivity contribution in [3.05, 3.63) is 29.8 Å². The minimum atomic E-state index is -4.05. The van der Waals surface area contributed by atoms with Crippen molar-refractivity contribution in [3.8, 4) is 0 Å². The van der Waals surface area contributed by atoms with E-state index < -0.39 is 32.0 Å². The van der Waals surface area contributed by atoms with Gasteiger partial charge in [-0.3, -0.25) is 0 Å². The minimum Gasteiger partial charge on any atom is -0.327 e. The van der Waals surface area contributed by atoms with Crippen LogP contribution in [0.5, 0.6) is 0 Å². The van der Waals surface area contributed by atoms with Crippen molar-refractivity contribution in [2.45, 2.75) is 31.2 Å². The van der Waals surface area contributed by atoms with Crippen LogP contribution in [0.2, 0.25) is 0 Å². The standard InChI is InChI=1S/C13H18F2N2O2S/c1-13(2)8-17(7-6-11(13)16)20(18,19)10-5-3-4-9(14)12(10)15/h3-5,11H,6-8,16H2,1-2H3. The molecule has 20 heavy (non-hydrogen) atoms. The second-order valence-electron chi connectivity index (χ2n) is 5.77. The lowest BCUT2D eigenvalue weighted by molar-refractivity contribution is 0.155. The average Bonchev–Trinajstić information content (AvgIpc) is 2.35. The summed E-state index contributed by atoms with van der Waals surface area (Å²) in [6, 6.07) is 3.04. The smallest absolute Gasteiger partial charge is 0.246 e. The van der Waals surface area contributed by atoms with Gasteiger partial charge in [-0.15, -0.1) is 0 Å². The van der Waals surface area contributed by atoms with Crippen molar-refractivity contribution in [1.82, 2.24) is 4.31 Å². The molecule has 2 N–H and O–H groups in total. The number of nitrogens with zero attached hydrogens (tertiary/aromatic N) is 1. The molecule has 1 heterocycles. The van der Waals surface area contributed by atoms with Gasteiger partial charge < -0.3 is 5.73 Å². The fraction of sp³-hybridized carbons (Fsp3) is 0.538. The Kier molecular flexibility index (Phi) is 3.88. The SMILES string of the molecule is CC1(C)CN(S(=O)(=O)c2cccc(F)c2F)CCC1N. The Hall–Kier alpha value is -1.05. The van der Waals surface area contributed by atoms with Crippen molar-refractivity contribution in [2.75, 3.05) is 13.1 Å². The fourth-order valence-corrected chi connectivity index (χ4v) is 4.05. The van der Waals surface area contributed by atoms with Crippen LogP contribution in [0.15, 0.2) is 23.1 Å². The van der Waals surface area contributed by atoms with E-state index in [2.05, 4.69) is 0 Å². The lowest BCUT2D eigenvalue weighted by Crippen LogP contribution is -2.53. The van der Waals surface area contributed by atoms with Crippen LogP contribution >= 0.6 is 0 Å². The van der Waals surface area contributed by atoms with E-state index in [1.807, 2.05) is 13.8 Å². The summed E-state index contributed by atoms with van der Waals surface area (Å²) < 4.78 is 53.0. The van der Waals surface area contributed by atoms with Gasteiger partial charge in [0.1, 0.15) is 4.90 Å². The lowest BCUT2D eigenvalue weighted by Gasteiger charge is -2.41. The molecule has 7 heteroatoms. The van der Waals surface area contributed by atoms with E-state index in [0.717, 1.165) is 12.1 Å². The zero-order valence-electron chi connectivity index (χ0n) is 11.4. The monoisotopic (exact) mass is 304 g/mol. The van der Waals surface area contributed by atoms with Gasteiger partial charge in [-0.05, 0) is 24.0 Å². The van der Waals surface area contributed by atoms with E-state index in [9.17, 15) is 17.2 Å². The van der Waals surface area contributed by atoms with Crippen molar-refractivity contribution >= 4 is 10.0 Å². The van der Waals surface area contributed by atoms with E-state index >= 15 is 0 Å². The summed E-state index contributed by atoms with van der Waals surface area (Å²) >= 11 is 0. The topological polar surface area (TPSA) is 63.4 Å². The molecule has 0 saturated carbocycles. The molecule has 1 fully saturated rings. The number of sulfonamides is 1. The second kappa shape index (κ2) is 5.05. The summed E-state index contributed by atoms with van der Waals surface area (Å²) in [5.74, 6) is -2.50. The Labute approximate surface area is 117 Å². The molecular formula is C13H18F2N2O2S. The molecule has 0 radical (unpaired) electrons. The molecule has 1 aliphatic rings. The van der Waals surface area contributed by atoms with Crippen LogP contribution in [-0.2, 0) is 10.0 Å². The molecule has 4 nitrogen and oxygen atoms in total.